The molecule has 7 heteroatoms. The molecule has 0 radical (unpaired) electrons. The van der Waals surface area contributed by atoms with E-state index in [2.05, 4.69) is 25.7 Å². The van der Waals surface area contributed by atoms with Gasteiger partial charge in [0, 0.05) is 0 Å². The van der Waals surface area contributed by atoms with E-state index in [-0.39, 0.29) is 22.3 Å². The number of hydrogen-bond donors (Lipinski definition) is 0. The van der Waals surface area contributed by atoms with Gasteiger partial charge in [0.2, 0.25) is 0 Å². The number of carbonyl (C=O) groups excluding carboxylic acids is 1. The lowest BCUT2D eigenvalue weighted by atomic mass is 10.2. The number of nitrogens with zero attached hydrogens (tertiary/aromatic N) is 2. The van der Waals surface area contributed by atoms with Crippen LogP contribution in [0.4, 0.5) is 8.78 Å². The van der Waals surface area contributed by atoms with Crippen LogP contribution in [0.5, 0.6) is 0 Å². The summed E-state index contributed by atoms with van der Waals surface area (Å²) in [4.78, 5) is 14.9. The molecular weight excluding hydrogens is 298 g/mol. The van der Waals surface area contributed by atoms with Crippen molar-refractivity contribution in [1.82, 2.24) is 4.98 Å². The standard InChI is InChI=1S/C10H7BrF2N2O2/c1-2-17-10(16)8-6(11)3-5(4-14)7(15-8)9(12)13/h3,9H,2H2,1H3. The maximum atomic E-state index is 12.6. The minimum absolute atomic E-state index is 0.108. The molecule has 0 bridgehead atoms. The predicted molar refractivity (Wildman–Crippen MR) is 57.6 cm³/mol. The molecular formula is C10H7BrF2N2O2. The zero-order chi connectivity index (χ0) is 13.0. The number of pyridine rings is 1. The maximum absolute atomic E-state index is 12.6. The number of alkyl halides is 2. The van der Waals surface area contributed by atoms with E-state index in [0.29, 0.717) is 0 Å². The Balaban J connectivity index is 3.30. The third-order valence-corrected chi connectivity index (χ3v) is 2.41. The van der Waals surface area contributed by atoms with Crippen LogP contribution in [0.15, 0.2) is 10.5 Å². The summed E-state index contributed by atoms with van der Waals surface area (Å²) in [6, 6.07) is 2.72. The average molecular weight is 305 g/mol. The molecule has 90 valence electrons. The fraction of sp³-hybridized carbons (Fsp3) is 0.300. The molecule has 0 atom stereocenters. The minimum atomic E-state index is -2.93. The zero-order valence-electron chi connectivity index (χ0n) is 8.71. The monoisotopic (exact) mass is 304 g/mol. The van der Waals surface area contributed by atoms with Gasteiger partial charge in [-0.15, -0.1) is 0 Å². The summed E-state index contributed by atoms with van der Waals surface area (Å²) in [6.07, 6.45) is -2.93. The van der Waals surface area contributed by atoms with Crippen LogP contribution in [0.25, 0.3) is 0 Å². The molecule has 17 heavy (non-hydrogen) atoms. The van der Waals surface area contributed by atoms with Crippen molar-refractivity contribution in [3.05, 3.63) is 27.5 Å². The highest BCUT2D eigenvalue weighted by molar-refractivity contribution is 9.10. The Kier molecular flexibility index (Phi) is 4.52. The number of halogens is 3. The van der Waals surface area contributed by atoms with Gasteiger partial charge in [0.05, 0.1) is 16.6 Å². The van der Waals surface area contributed by atoms with Crippen molar-refractivity contribution in [2.45, 2.75) is 13.3 Å². The van der Waals surface area contributed by atoms with Gasteiger partial charge < -0.3 is 4.74 Å². The summed E-state index contributed by atoms with van der Waals surface area (Å²) in [5.41, 5.74) is -1.26. The molecule has 0 aliphatic carbocycles. The summed E-state index contributed by atoms with van der Waals surface area (Å²) in [5.74, 6) is -0.814. The molecule has 0 N–H and O–H groups in total. The summed E-state index contributed by atoms with van der Waals surface area (Å²) in [6.45, 7) is 1.69. The van der Waals surface area contributed by atoms with Crippen LogP contribution in [0.2, 0.25) is 0 Å². The van der Waals surface area contributed by atoms with Gasteiger partial charge in [-0.25, -0.2) is 18.6 Å². The van der Waals surface area contributed by atoms with Gasteiger partial charge in [-0.05, 0) is 28.9 Å². The first-order valence-corrected chi connectivity index (χ1v) is 5.36. The van der Waals surface area contributed by atoms with Crippen LogP contribution in [-0.2, 0) is 4.74 Å². The normalized spacial score (nSPS) is 10.1. The molecule has 1 heterocycles. The Morgan fingerprint density at radius 1 is 1.71 bits per heavy atom. The van der Waals surface area contributed by atoms with Gasteiger partial charge in [-0.2, -0.15) is 5.26 Å². The third kappa shape index (κ3) is 2.97. The highest BCUT2D eigenvalue weighted by Crippen LogP contribution is 2.26. The first-order valence-electron chi connectivity index (χ1n) is 4.57. The number of ether oxygens (including phenoxy) is 1. The fourth-order valence-electron chi connectivity index (χ4n) is 1.10. The van der Waals surface area contributed by atoms with Gasteiger partial charge in [0.1, 0.15) is 11.8 Å². The minimum Gasteiger partial charge on any atom is -0.461 e. The molecule has 1 rings (SSSR count). The summed E-state index contributed by atoms with van der Waals surface area (Å²) < 4.78 is 30.0. The molecule has 0 saturated heterocycles. The second kappa shape index (κ2) is 5.68. The van der Waals surface area contributed by atoms with Gasteiger partial charge in [-0.3, -0.25) is 0 Å². The van der Waals surface area contributed by atoms with E-state index >= 15 is 0 Å². The van der Waals surface area contributed by atoms with Crippen LogP contribution < -0.4 is 0 Å². The van der Waals surface area contributed by atoms with Crippen molar-refractivity contribution >= 4 is 21.9 Å². The number of hydrogen-bond acceptors (Lipinski definition) is 4. The number of carbonyl (C=O) groups is 1. The molecule has 1 aromatic rings. The molecule has 1 aromatic heterocycles. The fourth-order valence-corrected chi connectivity index (χ4v) is 1.58. The highest BCUT2D eigenvalue weighted by Gasteiger charge is 2.22. The Morgan fingerprint density at radius 3 is 2.82 bits per heavy atom. The molecule has 0 aliphatic rings. The molecule has 0 fully saturated rings. The van der Waals surface area contributed by atoms with Crippen molar-refractivity contribution in [1.29, 1.82) is 5.26 Å². The number of aromatic nitrogens is 1. The van der Waals surface area contributed by atoms with Gasteiger partial charge >= 0.3 is 5.97 Å². The lowest BCUT2D eigenvalue weighted by molar-refractivity contribution is 0.0516. The van der Waals surface area contributed by atoms with Gasteiger partial charge in [0.15, 0.2) is 5.69 Å². The SMILES string of the molecule is CCOC(=O)c1nc(C(F)F)c(C#N)cc1Br. The average Bonchev–Trinajstić information content (AvgIpc) is 2.28. The first-order chi connectivity index (χ1) is 8.01. The predicted octanol–water partition coefficient (Wildman–Crippen LogP) is 2.83. The van der Waals surface area contributed by atoms with Crippen molar-refractivity contribution in [3.63, 3.8) is 0 Å². The third-order valence-electron chi connectivity index (χ3n) is 1.80. The molecule has 0 spiro atoms. The van der Waals surface area contributed by atoms with Crippen LogP contribution in [0.1, 0.15) is 35.1 Å². The van der Waals surface area contributed by atoms with Crippen molar-refractivity contribution < 1.29 is 18.3 Å². The molecule has 0 amide bonds. The molecule has 0 aromatic carbocycles. The van der Waals surface area contributed by atoms with Crippen LogP contribution in [-0.4, -0.2) is 17.6 Å². The Labute approximate surface area is 104 Å². The van der Waals surface area contributed by atoms with E-state index in [4.69, 9.17) is 5.26 Å². The molecule has 0 unspecified atom stereocenters. The summed E-state index contributed by atoms with van der Waals surface area (Å²) in [5, 5.41) is 8.66. The van der Waals surface area contributed by atoms with Crippen molar-refractivity contribution in [2.75, 3.05) is 6.61 Å². The zero-order valence-corrected chi connectivity index (χ0v) is 10.3. The van der Waals surface area contributed by atoms with Crippen molar-refractivity contribution in [3.8, 4) is 6.07 Å². The summed E-state index contributed by atoms with van der Waals surface area (Å²) in [7, 11) is 0. The molecule has 4 nitrogen and oxygen atoms in total. The highest BCUT2D eigenvalue weighted by atomic mass is 79.9. The summed E-state index contributed by atoms with van der Waals surface area (Å²) >= 11 is 2.98. The topological polar surface area (TPSA) is 63.0 Å². The quantitative estimate of drug-likeness (QED) is 0.806. The molecule has 0 saturated carbocycles. The van der Waals surface area contributed by atoms with E-state index in [9.17, 15) is 13.6 Å². The molecule has 0 aliphatic heterocycles. The van der Waals surface area contributed by atoms with Gasteiger partial charge in [-0.1, -0.05) is 0 Å². The van der Waals surface area contributed by atoms with Crippen LogP contribution in [0, 0.1) is 11.3 Å². The second-order valence-electron chi connectivity index (χ2n) is 2.88. The largest absolute Gasteiger partial charge is 0.461 e. The Morgan fingerprint density at radius 2 is 2.35 bits per heavy atom. The number of nitriles is 1. The van der Waals surface area contributed by atoms with Crippen molar-refractivity contribution in [2.24, 2.45) is 0 Å². The van der Waals surface area contributed by atoms with Gasteiger partial charge in [0.25, 0.3) is 6.43 Å². The van der Waals surface area contributed by atoms with Crippen LogP contribution >= 0.6 is 15.9 Å². The van der Waals surface area contributed by atoms with Crippen LogP contribution in [0.3, 0.4) is 0 Å². The maximum Gasteiger partial charge on any atom is 0.358 e. The number of esters is 1. The Bertz CT molecular complexity index is 486. The van der Waals surface area contributed by atoms with E-state index in [1.807, 2.05) is 0 Å². The Hall–Kier alpha value is -1.55. The van der Waals surface area contributed by atoms with E-state index in [0.717, 1.165) is 6.07 Å². The number of rotatable bonds is 3. The first kappa shape index (κ1) is 13.5. The van der Waals surface area contributed by atoms with E-state index in [1.54, 1.807) is 13.0 Å². The lowest BCUT2D eigenvalue weighted by Crippen LogP contribution is -2.11. The van der Waals surface area contributed by atoms with E-state index < -0.39 is 18.1 Å². The smallest absolute Gasteiger partial charge is 0.358 e. The lowest BCUT2D eigenvalue weighted by Gasteiger charge is -2.07. The second-order valence-corrected chi connectivity index (χ2v) is 3.74. The van der Waals surface area contributed by atoms with E-state index in [1.165, 1.54) is 0 Å².